The molecule has 6 N–H and O–H groups in total. The van der Waals surface area contributed by atoms with Crippen molar-refractivity contribution >= 4 is 23.2 Å². The highest BCUT2D eigenvalue weighted by Crippen LogP contribution is 2.45. The van der Waals surface area contributed by atoms with E-state index < -0.39 is 36.6 Å². The van der Waals surface area contributed by atoms with Gasteiger partial charge in [0, 0.05) is 71.5 Å². The maximum Gasteiger partial charge on any atom is 0.224 e. The number of hydrogen-bond acceptors (Lipinski definition) is 11. The topological polar surface area (TPSA) is 181 Å². The zero-order chi connectivity index (χ0) is 32.0. The first-order valence-corrected chi connectivity index (χ1v) is 15.3. The van der Waals surface area contributed by atoms with Crippen LogP contribution in [-0.2, 0) is 22.6 Å². The van der Waals surface area contributed by atoms with E-state index >= 15 is 0 Å². The molecule has 2 aliphatic rings. The second-order valence-corrected chi connectivity index (χ2v) is 12.3. The third-order valence-corrected chi connectivity index (χ3v) is 8.96. The number of amides is 1. The molecule has 2 heterocycles. The summed E-state index contributed by atoms with van der Waals surface area (Å²) in [5, 5.41) is 40.3. The molecule has 1 fully saturated rings. The van der Waals surface area contributed by atoms with E-state index in [0.717, 1.165) is 37.6 Å². The number of aliphatic hydroxyl groups is 3. The predicted octanol–water partition coefficient (Wildman–Crippen LogP) is 1.01. The largest absolute Gasteiger partial charge is 0.506 e. The van der Waals surface area contributed by atoms with Crippen molar-refractivity contribution < 1.29 is 39.2 Å². The smallest absolute Gasteiger partial charge is 0.224 e. The Hall–Kier alpha value is -3.29. The Bertz CT molecular complexity index is 1320. The van der Waals surface area contributed by atoms with Gasteiger partial charge in [0.25, 0.3) is 0 Å². The van der Waals surface area contributed by atoms with E-state index in [-0.39, 0.29) is 49.1 Å². The first-order valence-electron chi connectivity index (χ1n) is 15.3. The van der Waals surface area contributed by atoms with Crippen molar-refractivity contribution in [3.63, 3.8) is 0 Å². The molecular formula is C32H46N4O8. The summed E-state index contributed by atoms with van der Waals surface area (Å²) >= 11 is 0. The molecular weight excluding hydrogens is 568 g/mol. The van der Waals surface area contributed by atoms with Crippen LogP contribution in [0.4, 0.5) is 5.69 Å². The maximum atomic E-state index is 13.6. The highest BCUT2D eigenvalue weighted by Gasteiger charge is 2.36. The van der Waals surface area contributed by atoms with Crippen LogP contribution in [0.1, 0.15) is 47.4 Å². The molecule has 0 bridgehead atoms. The van der Waals surface area contributed by atoms with Gasteiger partial charge >= 0.3 is 0 Å². The van der Waals surface area contributed by atoms with Gasteiger partial charge in [-0.2, -0.15) is 0 Å². The number of carbonyl (C=O) groups is 3. The van der Waals surface area contributed by atoms with Crippen molar-refractivity contribution in [3.8, 4) is 17.1 Å². The highest BCUT2D eigenvalue weighted by atomic mass is 16.3. The van der Waals surface area contributed by atoms with E-state index in [1.54, 1.807) is 0 Å². The number of carbonyl (C=O) groups excluding carboxylic acids is 3. The summed E-state index contributed by atoms with van der Waals surface area (Å²) in [6.45, 7) is 4.22. The predicted molar refractivity (Wildman–Crippen MR) is 164 cm³/mol. The number of rotatable bonds is 15. The number of anilines is 1. The molecule has 2 aromatic rings. The van der Waals surface area contributed by atoms with Crippen LogP contribution >= 0.6 is 0 Å². The minimum Gasteiger partial charge on any atom is -0.506 e. The Labute approximate surface area is 258 Å². The van der Waals surface area contributed by atoms with E-state index in [2.05, 4.69) is 9.80 Å². The number of phenolic OH excluding ortho intramolecular Hbond substituents is 1. The minimum atomic E-state index is -0.868. The lowest BCUT2D eigenvalue weighted by atomic mass is 9.73. The zero-order valence-corrected chi connectivity index (χ0v) is 25.7. The fourth-order valence-electron chi connectivity index (χ4n) is 6.72. The quantitative estimate of drug-likeness (QED) is 0.181. The third-order valence-electron chi connectivity index (χ3n) is 8.96. The van der Waals surface area contributed by atoms with Gasteiger partial charge in [0.2, 0.25) is 5.91 Å². The Morgan fingerprint density at radius 2 is 1.77 bits per heavy atom. The number of aliphatic hydroxyl groups excluding tert-OH is 3. The van der Waals surface area contributed by atoms with Gasteiger partial charge in [-0.15, -0.1) is 0 Å². The molecule has 1 aliphatic heterocycles. The molecule has 12 heteroatoms. The van der Waals surface area contributed by atoms with Gasteiger partial charge in [0.1, 0.15) is 23.1 Å². The van der Waals surface area contributed by atoms with Crippen LogP contribution in [0, 0.1) is 17.8 Å². The molecule has 1 saturated heterocycles. The van der Waals surface area contributed by atoms with Crippen molar-refractivity contribution in [1.82, 2.24) is 9.80 Å². The second-order valence-electron chi connectivity index (χ2n) is 12.3. The molecule has 3 atom stereocenters. The van der Waals surface area contributed by atoms with Gasteiger partial charge in [-0.25, -0.2) is 0 Å². The lowest BCUT2D eigenvalue weighted by Gasteiger charge is -2.33. The van der Waals surface area contributed by atoms with Crippen LogP contribution in [0.5, 0.6) is 5.75 Å². The van der Waals surface area contributed by atoms with Crippen molar-refractivity contribution in [2.24, 2.45) is 23.5 Å². The zero-order valence-electron chi connectivity index (χ0n) is 25.7. The fourth-order valence-corrected chi connectivity index (χ4v) is 6.72. The van der Waals surface area contributed by atoms with Gasteiger partial charge in [-0.3, -0.25) is 24.2 Å². The summed E-state index contributed by atoms with van der Waals surface area (Å²) in [7, 11) is 3.74. The lowest BCUT2D eigenvalue weighted by Crippen LogP contribution is -2.46. The van der Waals surface area contributed by atoms with E-state index in [1.807, 2.05) is 37.2 Å². The first-order chi connectivity index (χ1) is 21.1. The van der Waals surface area contributed by atoms with Crippen LogP contribution in [0.2, 0.25) is 0 Å². The number of benzene rings is 1. The van der Waals surface area contributed by atoms with Gasteiger partial charge < -0.3 is 35.5 Å². The van der Waals surface area contributed by atoms with Crippen LogP contribution < -0.4 is 10.6 Å². The number of phenols is 1. The SMILES string of the molecule is CN(C)c1cc(-c2ccc(CN3CCN(CCO)CC3)o2)c(O)c2c1CC(CC(CCO)C(CO)C(=O)CC(N)=O)CC2=O. The molecule has 1 amide bonds. The average molecular weight is 615 g/mol. The summed E-state index contributed by atoms with van der Waals surface area (Å²) in [6, 6.07) is 5.53. The first kappa shape index (κ1) is 33.6. The molecule has 0 radical (unpaired) electrons. The molecule has 44 heavy (non-hydrogen) atoms. The monoisotopic (exact) mass is 614 g/mol. The minimum absolute atomic E-state index is 0.121. The Balaban J connectivity index is 1.56. The number of nitrogens with two attached hydrogens (primary N) is 1. The van der Waals surface area contributed by atoms with Crippen LogP contribution in [0.3, 0.4) is 0 Å². The number of primary amides is 1. The number of piperazine rings is 1. The number of Topliss-reactive ketones (excluding diaryl/α,β-unsaturated/α-hetero) is 2. The van der Waals surface area contributed by atoms with Crippen molar-refractivity contribution in [2.45, 2.75) is 38.6 Å². The molecule has 242 valence electrons. The molecule has 1 aliphatic carbocycles. The van der Waals surface area contributed by atoms with Gasteiger partial charge in [0.15, 0.2) is 5.78 Å². The third kappa shape index (κ3) is 7.86. The molecule has 12 nitrogen and oxygen atoms in total. The molecule has 0 spiro atoms. The lowest BCUT2D eigenvalue weighted by molar-refractivity contribution is -0.131. The number of ketones is 2. The molecule has 1 aromatic carbocycles. The number of aromatic hydroxyl groups is 1. The molecule has 4 rings (SSSR count). The standard InChI is InChI=1S/C32H46N4O8/c1-34(2)26-16-24(29-4-3-22(44-29)18-36-8-6-35(7-9-36)10-12-38)32(43)31-23(26)14-20(15-28(31)41)13-21(5-11-37)25(19-39)27(40)17-30(33)42/h3-4,16,20-21,25,37-39,43H,5-15,17-19H2,1-2H3,(H2,33,42). The summed E-state index contributed by atoms with van der Waals surface area (Å²) in [5.41, 5.74) is 7.38. The van der Waals surface area contributed by atoms with Gasteiger partial charge in [0.05, 0.1) is 37.3 Å². The van der Waals surface area contributed by atoms with Crippen molar-refractivity contribution in [3.05, 3.63) is 35.1 Å². The number of β-amino-alcohol motifs (C(OH)–C–C–N with tert-alkyl or cyclic N) is 1. The molecule has 3 unspecified atom stereocenters. The maximum absolute atomic E-state index is 13.6. The second kappa shape index (κ2) is 15.1. The fraction of sp³-hybridized carbons (Fsp3) is 0.594. The van der Waals surface area contributed by atoms with Gasteiger partial charge in [-0.1, -0.05) is 0 Å². The summed E-state index contributed by atoms with van der Waals surface area (Å²) in [4.78, 5) is 44.0. The number of furan rings is 1. The van der Waals surface area contributed by atoms with Gasteiger partial charge in [-0.05, 0) is 54.9 Å². The Morgan fingerprint density at radius 3 is 2.39 bits per heavy atom. The van der Waals surface area contributed by atoms with E-state index in [9.17, 15) is 34.8 Å². The summed E-state index contributed by atoms with van der Waals surface area (Å²) in [5.74, 6) is -1.87. The van der Waals surface area contributed by atoms with Crippen molar-refractivity contribution in [2.75, 3.05) is 71.5 Å². The van der Waals surface area contributed by atoms with Crippen LogP contribution in [0.25, 0.3) is 11.3 Å². The number of hydrogen-bond donors (Lipinski definition) is 5. The molecule has 0 saturated carbocycles. The van der Waals surface area contributed by atoms with E-state index in [0.29, 0.717) is 42.8 Å². The van der Waals surface area contributed by atoms with Crippen molar-refractivity contribution in [1.29, 1.82) is 0 Å². The highest BCUT2D eigenvalue weighted by molar-refractivity contribution is 6.05. The molecule has 1 aromatic heterocycles. The van der Waals surface area contributed by atoms with Crippen LogP contribution in [0.15, 0.2) is 22.6 Å². The normalized spacial score (nSPS) is 19.0. The average Bonchev–Trinajstić information content (AvgIpc) is 3.42. The van der Waals surface area contributed by atoms with Crippen LogP contribution in [-0.4, -0.2) is 114 Å². The summed E-state index contributed by atoms with van der Waals surface area (Å²) in [6.07, 6.45) is 0.714. The Morgan fingerprint density at radius 1 is 1.07 bits per heavy atom. The number of fused-ring (bicyclic) bond motifs is 1. The Kier molecular flexibility index (Phi) is 11.6. The number of nitrogens with zero attached hydrogens (tertiary/aromatic N) is 3. The van der Waals surface area contributed by atoms with E-state index in [1.165, 1.54) is 0 Å². The van der Waals surface area contributed by atoms with E-state index in [4.69, 9.17) is 10.2 Å². The summed E-state index contributed by atoms with van der Waals surface area (Å²) < 4.78 is 6.18.